The van der Waals surface area contributed by atoms with Crippen molar-refractivity contribution in [3.8, 4) is 0 Å². The Hall–Kier alpha value is -0.330. The van der Waals surface area contributed by atoms with Gasteiger partial charge in [-0.15, -0.1) is 0 Å². The second kappa shape index (κ2) is 4.26. The lowest BCUT2D eigenvalue weighted by Gasteiger charge is -2.29. The summed E-state index contributed by atoms with van der Waals surface area (Å²) in [5.41, 5.74) is 0. The molecule has 4 nitrogen and oxygen atoms in total. The molecule has 1 rings (SSSR count). The normalized spacial score (nSPS) is 28.0. The van der Waals surface area contributed by atoms with Gasteiger partial charge < -0.3 is 10.1 Å². The summed E-state index contributed by atoms with van der Waals surface area (Å²) >= 11 is 2.06. The average molecular weight is 297 g/mol. The average Bonchev–Trinajstić information content (AvgIpc) is 2.11. The van der Waals surface area contributed by atoms with Gasteiger partial charge in [-0.1, -0.05) is 22.6 Å². The fourth-order valence-corrected chi connectivity index (χ4v) is 1.78. The highest BCUT2D eigenvalue weighted by Gasteiger charge is 2.40. The van der Waals surface area contributed by atoms with Crippen LogP contribution in [0.3, 0.4) is 0 Å². The van der Waals surface area contributed by atoms with E-state index in [2.05, 4.69) is 27.9 Å². The lowest BCUT2D eigenvalue weighted by molar-refractivity contribution is -0.146. The summed E-state index contributed by atoms with van der Waals surface area (Å²) in [6, 6.07) is 0. The zero-order chi connectivity index (χ0) is 9.90. The van der Waals surface area contributed by atoms with Crippen LogP contribution < -0.4 is 5.32 Å². The maximum absolute atomic E-state index is 11.4. The minimum absolute atomic E-state index is 0.0107. The summed E-state index contributed by atoms with van der Waals surface area (Å²) in [6.07, 6.45) is 0.972. The van der Waals surface area contributed by atoms with Gasteiger partial charge >= 0.3 is 5.97 Å². The first-order chi connectivity index (χ1) is 6.08. The molecule has 1 amide bonds. The molecule has 1 aliphatic rings. The van der Waals surface area contributed by atoms with Gasteiger partial charge in [0, 0.05) is 13.0 Å². The van der Waals surface area contributed by atoms with Gasteiger partial charge in [0.15, 0.2) is 0 Å². The molecule has 1 unspecified atom stereocenters. The van der Waals surface area contributed by atoms with E-state index in [4.69, 9.17) is 4.74 Å². The van der Waals surface area contributed by atoms with Crippen molar-refractivity contribution in [2.75, 3.05) is 13.2 Å². The lowest BCUT2D eigenvalue weighted by Crippen LogP contribution is -2.49. The van der Waals surface area contributed by atoms with Gasteiger partial charge in [-0.2, -0.15) is 0 Å². The number of ether oxygens (including phenoxy) is 1. The zero-order valence-electron chi connectivity index (χ0n) is 7.43. The molecule has 13 heavy (non-hydrogen) atoms. The van der Waals surface area contributed by atoms with Crippen LogP contribution in [-0.2, 0) is 14.3 Å². The molecular weight excluding hydrogens is 285 g/mol. The van der Waals surface area contributed by atoms with E-state index in [1.807, 2.05) is 0 Å². The maximum Gasteiger partial charge on any atom is 0.323 e. The van der Waals surface area contributed by atoms with Gasteiger partial charge in [0.1, 0.15) is 3.42 Å². The number of halogens is 1. The number of carbonyl (C=O) groups excluding carboxylic acids is 2. The molecule has 0 spiro atoms. The standard InChI is InChI=1S/C8H12INO3/c1-2-13-7(12)8(9)4-3-6(11)10-5-8/h2-5H2,1H3,(H,10,11). The third kappa shape index (κ3) is 2.55. The highest BCUT2D eigenvalue weighted by molar-refractivity contribution is 14.1. The van der Waals surface area contributed by atoms with E-state index in [-0.39, 0.29) is 11.9 Å². The Morgan fingerprint density at radius 2 is 2.46 bits per heavy atom. The monoisotopic (exact) mass is 297 g/mol. The van der Waals surface area contributed by atoms with Crippen LogP contribution in [0.2, 0.25) is 0 Å². The quantitative estimate of drug-likeness (QED) is 0.462. The van der Waals surface area contributed by atoms with Crippen molar-refractivity contribution in [1.82, 2.24) is 5.32 Å². The highest BCUT2D eigenvalue weighted by atomic mass is 127. The topological polar surface area (TPSA) is 55.4 Å². The number of piperidine rings is 1. The Kier molecular flexibility index (Phi) is 3.52. The van der Waals surface area contributed by atoms with Crippen LogP contribution in [0.25, 0.3) is 0 Å². The number of rotatable bonds is 2. The van der Waals surface area contributed by atoms with E-state index >= 15 is 0 Å². The third-order valence-corrected chi connectivity index (χ3v) is 3.32. The molecular formula is C8H12INO3. The Labute approximate surface area is 90.5 Å². The Morgan fingerprint density at radius 1 is 1.77 bits per heavy atom. The van der Waals surface area contributed by atoms with Crippen molar-refractivity contribution in [2.24, 2.45) is 0 Å². The number of carbonyl (C=O) groups is 2. The molecule has 0 saturated carbocycles. The lowest BCUT2D eigenvalue weighted by atomic mass is 9.99. The van der Waals surface area contributed by atoms with Gasteiger partial charge in [0.2, 0.25) is 5.91 Å². The van der Waals surface area contributed by atoms with E-state index in [1.54, 1.807) is 6.92 Å². The highest BCUT2D eigenvalue weighted by Crippen LogP contribution is 2.28. The fraction of sp³-hybridized carbons (Fsp3) is 0.750. The zero-order valence-corrected chi connectivity index (χ0v) is 9.59. The van der Waals surface area contributed by atoms with E-state index in [0.717, 1.165) is 0 Å². The van der Waals surface area contributed by atoms with Gasteiger partial charge in [0.05, 0.1) is 6.61 Å². The number of alkyl halides is 1. The molecule has 5 heteroatoms. The number of nitrogens with one attached hydrogen (secondary N) is 1. The van der Waals surface area contributed by atoms with Gasteiger partial charge in [-0.05, 0) is 13.3 Å². The van der Waals surface area contributed by atoms with Crippen molar-refractivity contribution < 1.29 is 14.3 Å². The molecule has 1 heterocycles. The van der Waals surface area contributed by atoms with E-state index in [9.17, 15) is 9.59 Å². The first-order valence-corrected chi connectivity index (χ1v) is 5.29. The first-order valence-electron chi connectivity index (χ1n) is 4.21. The van der Waals surface area contributed by atoms with Crippen molar-refractivity contribution >= 4 is 34.5 Å². The summed E-state index contributed by atoms with van der Waals surface area (Å²) in [4.78, 5) is 22.3. The smallest absolute Gasteiger partial charge is 0.323 e. The molecule has 0 aromatic heterocycles. The minimum Gasteiger partial charge on any atom is -0.465 e. The summed E-state index contributed by atoms with van der Waals surface area (Å²) < 4.78 is 4.37. The van der Waals surface area contributed by atoms with Crippen LogP contribution in [0.15, 0.2) is 0 Å². The Bertz CT molecular complexity index is 219. The second-order valence-electron chi connectivity index (χ2n) is 2.96. The SMILES string of the molecule is CCOC(=O)C1(I)CCC(=O)NC1. The molecule has 0 aromatic carbocycles. The number of esters is 1. The first kappa shape index (κ1) is 10.7. The summed E-state index contributed by atoms with van der Waals surface area (Å²) in [5, 5.41) is 2.66. The van der Waals surface area contributed by atoms with E-state index in [1.165, 1.54) is 0 Å². The molecule has 0 radical (unpaired) electrons. The molecule has 1 N–H and O–H groups in total. The van der Waals surface area contributed by atoms with Crippen LogP contribution in [0.1, 0.15) is 19.8 Å². The van der Waals surface area contributed by atoms with Crippen LogP contribution in [0.5, 0.6) is 0 Å². The number of hydrogen-bond acceptors (Lipinski definition) is 3. The predicted octanol–water partition coefficient (Wildman–Crippen LogP) is 0.633. The Morgan fingerprint density at radius 3 is 2.92 bits per heavy atom. The fourth-order valence-electron chi connectivity index (χ4n) is 1.16. The van der Waals surface area contributed by atoms with Crippen LogP contribution in [0.4, 0.5) is 0 Å². The van der Waals surface area contributed by atoms with Gasteiger partial charge in [-0.25, -0.2) is 0 Å². The van der Waals surface area contributed by atoms with Gasteiger partial charge in [-0.3, -0.25) is 9.59 Å². The summed E-state index contributed by atoms with van der Waals surface area (Å²) in [6.45, 7) is 2.54. The molecule has 74 valence electrons. The van der Waals surface area contributed by atoms with Crippen molar-refractivity contribution in [3.05, 3.63) is 0 Å². The minimum atomic E-state index is -0.554. The van der Waals surface area contributed by atoms with Crippen LogP contribution in [0, 0.1) is 0 Å². The third-order valence-electron chi connectivity index (χ3n) is 1.96. The molecule has 0 aromatic rings. The second-order valence-corrected chi connectivity index (χ2v) is 5.03. The molecule has 0 bridgehead atoms. The van der Waals surface area contributed by atoms with Crippen molar-refractivity contribution in [3.63, 3.8) is 0 Å². The summed E-state index contributed by atoms with van der Waals surface area (Å²) in [7, 11) is 0. The maximum atomic E-state index is 11.4. The molecule has 0 aliphatic carbocycles. The number of hydrogen-bond donors (Lipinski definition) is 1. The predicted molar refractivity (Wildman–Crippen MR) is 55.6 cm³/mol. The molecule has 1 aliphatic heterocycles. The van der Waals surface area contributed by atoms with Gasteiger partial charge in [0.25, 0.3) is 0 Å². The number of amides is 1. The molecule has 1 fully saturated rings. The van der Waals surface area contributed by atoms with Crippen molar-refractivity contribution in [2.45, 2.75) is 23.2 Å². The molecule has 1 atom stereocenters. The Balaban J connectivity index is 2.56. The van der Waals surface area contributed by atoms with Crippen LogP contribution >= 0.6 is 22.6 Å². The van der Waals surface area contributed by atoms with Crippen LogP contribution in [-0.4, -0.2) is 28.4 Å². The van der Waals surface area contributed by atoms with E-state index < -0.39 is 3.42 Å². The largest absolute Gasteiger partial charge is 0.465 e. The molecule has 1 saturated heterocycles. The van der Waals surface area contributed by atoms with Crippen molar-refractivity contribution in [1.29, 1.82) is 0 Å². The van der Waals surface area contributed by atoms with E-state index in [0.29, 0.717) is 26.0 Å². The summed E-state index contributed by atoms with van der Waals surface area (Å²) in [5.74, 6) is -0.216.